The average Bonchev–Trinajstić information content (AvgIpc) is 2.03. The van der Waals surface area contributed by atoms with Crippen LogP contribution in [0.25, 0.3) is 0 Å². The molecule has 1 saturated heterocycles. The number of ether oxygens (including phenoxy) is 1. The van der Waals surface area contributed by atoms with E-state index in [1.54, 1.807) is 0 Å². The topological polar surface area (TPSA) is 24.5 Å². The van der Waals surface area contributed by atoms with Gasteiger partial charge in [0, 0.05) is 32.8 Å². The van der Waals surface area contributed by atoms with Gasteiger partial charge in [-0.2, -0.15) is 0 Å². The zero-order valence-corrected chi connectivity index (χ0v) is 7.31. The molecule has 0 unspecified atom stereocenters. The predicted octanol–water partition coefficient (Wildman–Crippen LogP) is -0.0719. The lowest BCUT2D eigenvalue weighted by Gasteiger charge is -2.18. The van der Waals surface area contributed by atoms with E-state index in [9.17, 15) is 0 Å². The molecule has 11 heavy (non-hydrogen) atoms. The summed E-state index contributed by atoms with van der Waals surface area (Å²) in [6.07, 6.45) is 1.16. The van der Waals surface area contributed by atoms with E-state index < -0.39 is 0 Å². The molecule has 0 aromatic carbocycles. The van der Waals surface area contributed by atoms with Crippen LogP contribution in [0.4, 0.5) is 0 Å². The molecule has 3 nitrogen and oxygen atoms in total. The molecule has 0 aliphatic carbocycles. The molecule has 0 amide bonds. The summed E-state index contributed by atoms with van der Waals surface area (Å²) in [5, 5.41) is 3.32. The third-order valence-electron chi connectivity index (χ3n) is 1.92. The van der Waals surface area contributed by atoms with Gasteiger partial charge in [0.15, 0.2) is 0 Å². The molecule has 1 N–H and O–H groups in total. The van der Waals surface area contributed by atoms with E-state index in [-0.39, 0.29) is 0 Å². The Balaban J connectivity index is 2.12. The van der Waals surface area contributed by atoms with Crippen molar-refractivity contribution in [3.63, 3.8) is 0 Å². The van der Waals surface area contributed by atoms with E-state index in [4.69, 9.17) is 4.74 Å². The molecule has 1 aliphatic rings. The highest BCUT2D eigenvalue weighted by Gasteiger charge is 1.99. The van der Waals surface area contributed by atoms with Gasteiger partial charge in [-0.25, -0.2) is 0 Å². The fraction of sp³-hybridized carbons (Fsp3) is 1.00. The third-order valence-corrected chi connectivity index (χ3v) is 1.92. The summed E-state index contributed by atoms with van der Waals surface area (Å²) in [6, 6.07) is 0. The molecule has 1 aliphatic heterocycles. The molecule has 1 heterocycles. The van der Waals surface area contributed by atoms with Crippen LogP contribution in [-0.2, 0) is 4.74 Å². The molecule has 0 aromatic rings. The van der Waals surface area contributed by atoms with Crippen LogP contribution in [0.15, 0.2) is 0 Å². The maximum absolute atomic E-state index is 5.37. The highest BCUT2D eigenvalue weighted by atomic mass is 16.5. The van der Waals surface area contributed by atoms with Gasteiger partial charge in [-0.05, 0) is 13.5 Å². The summed E-state index contributed by atoms with van der Waals surface area (Å²) in [6.45, 7) is 6.16. The lowest BCUT2D eigenvalue weighted by Crippen LogP contribution is -2.33. The Bertz CT molecular complexity index is 88.1. The molecule has 66 valence electrons. The Labute approximate surface area is 68.7 Å². The van der Waals surface area contributed by atoms with Gasteiger partial charge in [0.1, 0.15) is 0 Å². The number of nitrogens with zero attached hydrogens (tertiary/aromatic N) is 1. The first-order valence-corrected chi connectivity index (χ1v) is 4.36. The lowest BCUT2D eigenvalue weighted by atomic mass is 10.4. The van der Waals surface area contributed by atoms with Crippen LogP contribution in [0.1, 0.15) is 6.42 Å². The Hall–Kier alpha value is -0.120. The first kappa shape index (κ1) is 8.97. The van der Waals surface area contributed by atoms with Crippen molar-refractivity contribution in [2.75, 3.05) is 46.4 Å². The highest BCUT2D eigenvalue weighted by Crippen LogP contribution is 1.89. The maximum atomic E-state index is 5.37. The highest BCUT2D eigenvalue weighted by molar-refractivity contribution is 4.56. The van der Waals surface area contributed by atoms with Crippen molar-refractivity contribution in [1.29, 1.82) is 0 Å². The Kier molecular flexibility index (Phi) is 4.50. The summed E-state index contributed by atoms with van der Waals surface area (Å²) in [4.78, 5) is 2.34. The van der Waals surface area contributed by atoms with Crippen molar-refractivity contribution in [1.82, 2.24) is 10.2 Å². The summed E-state index contributed by atoms with van der Waals surface area (Å²) >= 11 is 0. The molecule has 3 heteroatoms. The van der Waals surface area contributed by atoms with E-state index in [0.29, 0.717) is 0 Å². The van der Waals surface area contributed by atoms with Gasteiger partial charge in [0.05, 0.1) is 6.61 Å². The third kappa shape index (κ3) is 4.35. The summed E-state index contributed by atoms with van der Waals surface area (Å²) in [5.74, 6) is 0. The molecule has 1 fully saturated rings. The minimum atomic E-state index is 0.865. The van der Waals surface area contributed by atoms with Crippen LogP contribution >= 0.6 is 0 Å². The van der Waals surface area contributed by atoms with E-state index >= 15 is 0 Å². The zero-order chi connectivity index (χ0) is 7.94. The van der Waals surface area contributed by atoms with Crippen molar-refractivity contribution >= 4 is 0 Å². The predicted molar refractivity (Wildman–Crippen MR) is 45.8 cm³/mol. The van der Waals surface area contributed by atoms with Gasteiger partial charge in [0.2, 0.25) is 0 Å². The van der Waals surface area contributed by atoms with Gasteiger partial charge in [-0.15, -0.1) is 0 Å². The number of likely N-dealkylation sites (N-methyl/N-ethyl adjacent to an activating group) is 1. The Morgan fingerprint density at radius 3 is 3.00 bits per heavy atom. The van der Waals surface area contributed by atoms with Crippen LogP contribution in [-0.4, -0.2) is 51.3 Å². The SMILES string of the molecule is CN1CCCOCCNCC1. The standard InChI is InChI=1S/C8H18N2O/c1-10-5-2-7-11-8-4-9-3-6-10/h9H,2-8H2,1H3. The second-order valence-electron chi connectivity index (χ2n) is 3.02. The maximum Gasteiger partial charge on any atom is 0.0590 e. The molecule has 0 atom stereocenters. The molecule has 0 radical (unpaired) electrons. The molecular formula is C8H18N2O. The molecular weight excluding hydrogens is 140 g/mol. The van der Waals surface area contributed by atoms with Gasteiger partial charge in [-0.3, -0.25) is 0 Å². The van der Waals surface area contributed by atoms with Crippen LogP contribution in [0.2, 0.25) is 0 Å². The quantitative estimate of drug-likeness (QED) is 0.534. The van der Waals surface area contributed by atoms with Crippen molar-refractivity contribution < 1.29 is 4.74 Å². The smallest absolute Gasteiger partial charge is 0.0590 e. The number of hydrogen-bond acceptors (Lipinski definition) is 3. The first-order chi connectivity index (χ1) is 5.39. The summed E-state index contributed by atoms with van der Waals surface area (Å²) in [7, 11) is 2.16. The van der Waals surface area contributed by atoms with E-state index in [2.05, 4.69) is 17.3 Å². The fourth-order valence-corrected chi connectivity index (χ4v) is 1.19. The number of nitrogens with one attached hydrogen (secondary N) is 1. The van der Waals surface area contributed by atoms with Gasteiger partial charge in [0.25, 0.3) is 0 Å². The summed E-state index contributed by atoms with van der Waals surface area (Å²) in [5.41, 5.74) is 0. The molecule has 0 spiro atoms. The Morgan fingerprint density at radius 1 is 1.18 bits per heavy atom. The lowest BCUT2D eigenvalue weighted by molar-refractivity contribution is 0.119. The van der Waals surface area contributed by atoms with E-state index in [1.807, 2.05) is 0 Å². The monoisotopic (exact) mass is 158 g/mol. The fourth-order valence-electron chi connectivity index (χ4n) is 1.19. The minimum Gasteiger partial charge on any atom is -0.380 e. The van der Waals surface area contributed by atoms with Crippen LogP contribution in [0.3, 0.4) is 0 Å². The van der Waals surface area contributed by atoms with Gasteiger partial charge >= 0.3 is 0 Å². The Morgan fingerprint density at radius 2 is 2.09 bits per heavy atom. The minimum absolute atomic E-state index is 0.865. The molecule has 0 saturated carbocycles. The first-order valence-electron chi connectivity index (χ1n) is 4.36. The summed E-state index contributed by atoms with van der Waals surface area (Å²) < 4.78 is 5.37. The zero-order valence-electron chi connectivity index (χ0n) is 7.31. The second-order valence-corrected chi connectivity index (χ2v) is 3.02. The van der Waals surface area contributed by atoms with Gasteiger partial charge < -0.3 is 15.0 Å². The molecule has 1 rings (SSSR count). The van der Waals surface area contributed by atoms with Crippen molar-refractivity contribution in [3.8, 4) is 0 Å². The number of rotatable bonds is 0. The average molecular weight is 158 g/mol. The van der Waals surface area contributed by atoms with E-state index in [1.165, 1.54) is 0 Å². The molecule has 0 aromatic heterocycles. The normalized spacial score (nSPS) is 24.8. The van der Waals surface area contributed by atoms with Crippen molar-refractivity contribution in [3.05, 3.63) is 0 Å². The van der Waals surface area contributed by atoms with Crippen LogP contribution in [0.5, 0.6) is 0 Å². The van der Waals surface area contributed by atoms with Gasteiger partial charge in [-0.1, -0.05) is 0 Å². The van der Waals surface area contributed by atoms with Crippen LogP contribution < -0.4 is 5.32 Å². The van der Waals surface area contributed by atoms with Crippen molar-refractivity contribution in [2.45, 2.75) is 6.42 Å². The van der Waals surface area contributed by atoms with Crippen molar-refractivity contribution in [2.24, 2.45) is 0 Å². The molecule has 0 bridgehead atoms. The number of hydrogen-bond donors (Lipinski definition) is 1. The van der Waals surface area contributed by atoms with E-state index in [0.717, 1.165) is 45.8 Å². The largest absolute Gasteiger partial charge is 0.380 e. The second kappa shape index (κ2) is 5.52. The van der Waals surface area contributed by atoms with Crippen LogP contribution in [0, 0.1) is 0 Å².